The summed E-state index contributed by atoms with van der Waals surface area (Å²) in [6, 6.07) is 5.36. The first-order chi connectivity index (χ1) is 15.4. The summed E-state index contributed by atoms with van der Waals surface area (Å²) in [6.07, 6.45) is 3.93. The van der Waals surface area contributed by atoms with Crippen molar-refractivity contribution in [1.82, 2.24) is 16.0 Å². The normalized spacial score (nSPS) is 33.5. The van der Waals surface area contributed by atoms with Gasteiger partial charge >= 0.3 is 0 Å². The first-order valence-electron chi connectivity index (χ1n) is 11.0. The number of fused-ring (bicyclic) bond motifs is 2. The lowest BCUT2D eigenvalue weighted by atomic mass is 9.83. The van der Waals surface area contributed by atoms with Crippen LogP contribution in [0.3, 0.4) is 0 Å². The molecule has 1 aromatic rings. The van der Waals surface area contributed by atoms with Crippen LogP contribution in [-0.4, -0.2) is 49.3 Å². The number of nitrogens with one attached hydrogen (secondary N) is 5. The molecule has 3 fully saturated rings. The van der Waals surface area contributed by atoms with Gasteiger partial charge in [0.05, 0.1) is 30.3 Å². The van der Waals surface area contributed by atoms with Gasteiger partial charge in [-0.05, 0) is 55.4 Å². The SMILES string of the molecule is C=CC(=O)Nc1ccc(OC)c(NC2NCC(Cl)C(N[C@H]3[C@@H]4CC[C@@H](C4)[C@H]3C(N)=O)N2)c1. The smallest absolute Gasteiger partial charge is 0.247 e. The van der Waals surface area contributed by atoms with E-state index in [-0.39, 0.29) is 41.6 Å². The summed E-state index contributed by atoms with van der Waals surface area (Å²) in [5.74, 6) is 0.786. The fraction of sp³-hybridized carbons (Fsp3) is 0.545. The molecule has 2 amide bonds. The summed E-state index contributed by atoms with van der Waals surface area (Å²) in [5.41, 5.74) is 7.04. The van der Waals surface area contributed by atoms with E-state index in [9.17, 15) is 9.59 Å². The monoisotopic (exact) mass is 462 g/mol. The average molecular weight is 463 g/mol. The molecule has 0 spiro atoms. The van der Waals surface area contributed by atoms with Gasteiger partial charge in [-0.2, -0.15) is 0 Å². The number of carbonyl (C=O) groups excluding carboxylic acids is 2. The molecule has 9 nitrogen and oxygen atoms in total. The highest BCUT2D eigenvalue weighted by Crippen LogP contribution is 2.48. The number of amides is 2. The first-order valence-corrected chi connectivity index (χ1v) is 11.4. The Morgan fingerprint density at radius 3 is 2.81 bits per heavy atom. The number of anilines is 2. The number of nitrogens with two attached hydrogens (primary N) is 1. The number of primary amides is 1. The van der Waals surface area contributed by atoms with Crippen molar-refractivity contribution in [3.63, 3.8) is 0 Å². The maximum absolute atomic E-state index is 12.1. The minimum Gasteiger partial charge on any atom is -0.495 e. The van der Waals surface area contributed by atoms with Gasteiger partial charge in [0, 0.05) is 18.3 Å². The van der Waals surface area contributed by atoms with E-state index in [0.29, 0.717) is 35.5 Å². The second kappa shape index (κ2) is 9.66. The van der Waals surface area contributed by atoms with Crippen molar-refractivity contribution in [1.29, 1.82) is 0 Å². The molecule has 1 aliphatic heterocycles. The lowest BCUT2D eigenvalue weighted by Gasteiger charge is -2.41. The topological polar surface area (TPSA) is 130 Å². The van der Waals surface area contributed by atoms with Gasteiger partial charge in [0.15, 0.2) is 0 Å². The number of carbonyl (C=O) groups is 2. The Hall–Kier alpha value is -2.33. The van der Waals surface area contributed by atoms with E-state index in [0.717, 1.165) is 19.3 Å². The average Bonchev–Trinajstić information content (AvgIpc) is 3.38. The standard InChI is InChI=1S/C22H31ClN6O3/c1-3-17(30)26-13-6-7-16(32-2)15(9-13)27-22-25-10-14(23)21(29-22)28-19-12-5-4-11(8-12)18(19)20(24)31/h3,6-7,9,11-12,14,18-19,21-22,25,27-29H,1,4-5,8,10H2,2H3,(H2,24,31)(H,26,30)/t11-,12+,14?,18+,19-,21?,22?/m0/s1. The Labute approximate surface area is 192 Å². The Balaban J connectivity index is 1.44. The zero-order valence-electron chi connectivity index (χ0n) is 18.1. The van der Waals surface area contributed by atoms with Gasteiger partial charge in [0.25, 0.3) is 0 Å². The molecule has 10 heteroatoms. The summed E-state index contributed by atoms with van der Waals surface area (Å²) in [7, 11) is 1.59. The highest BCUT2D eigenvalue weighted by atomic mass is 35.5. The van der Waals surface area contributed by atoms with Gasteiger partial charge in [-0.3, -0.25) is 25.5 Å². The van der Waals surface area contributed by atoms with Crippen LogP contribution in [0.25, 0.3) is 0 Å². The fourth-order valence-electron chi connectivity index (χ4n) is 5.33. The highest BCUT2D eigenvalue weighted by molar-refractivity contribution is 6.21. The largest absolute Gasteiger partial charge is 0.495 e. The van der Waals surface area contributed by atoms with E-state index in [4.69, 9.17) is 22.1 Å². The van der Waals surface area contributed by atoms with Crippen LogP contribution in [0, 0.1) is 17.8 Å². The molecule has 1 heterocycles. The Morgan fingerprint density at radius 1 is 1.31 bits per heavy atom. The third kappa shape index (κ3) is 4.71. The van der Waals surface area contributed by atoms with Crippen LogP contribution in [0.2, 0.25) is 0 Å². The molecule has 4 rings (SSSR count). The number of hydrogen-bond acceptors (Lipinski definition) is 7. The molecule has 2 bridgehead atoms. The number of methoxy groups -OCH3 is 1. The third-order valence-electron chi connectivity index (χ3n) is 6.79. The van der Waals surface area contributed by atoms with Gasteiger partial charge < -0.3 is 21.1 Å². The Bertz CT molecular complexity index is 883. The summed E-state index contributed by atoms with van der Waals surface area (Å²) >= 11 is 6.60. The number of rotatable bonds is 8. The molecule has 2 aliphatic carbocycles. The summed E-state index contributed by atoms with van der Waals surface area (Å²) in [4.78, 5) is 23.7. The zero-order valence-corrected chi connectivity index (χ0v) is 18.8. The van der Waals surface area contributed by atoms with Gasteiger partial charge in [0.2, 0.25) is 11.8 Å². The molecule has 7 atom stereocenters. The molecule has 3 aliphatic rings. The third-order valence-corrected chi connectivity index (χ3v) is 7.20. The number of ether oxygens (including phenoxy) is 1. The number of benzene rings is 1. The first kappa shape index (κ1) is 22.8. The van der Waals surface area contributed by atoms with Crippen molar-refractivity contribution in [2.24, 2.45) is 23.5 Å². The van der Waals surface area contributed by atoms with Crippen molar-refractivity contribution in [2.75, 3.05) is 24.3 Å². The lowest BCUT2D eigenvalue weighted by Crippen LogP contribution is -2.69. The van der Waals surface area contributed by atoms with Crippen LogP contribution in [0.4, 0.5) is 11.4 Å². The van der Waals surface area contributed by atoms with Crippen molar-refractivity contribution < 1.29 is 14.3 Å². The Kier molecular flexibility index (Phi) is 6.90. The summed E-state index contributed by atoms with van der Waals surface area (Å²) < 4.78 is 5.46. The number of alkyl halides is 1. The maximum atomic E-state index is 12.1. The molecule has 3 unspecified atom stereocenters. The second-order valence-corrected chi connectivity index (χ2v) is 9.27. The van der Waals surface area contributed by atoms with Crippen molar-refractivity contribution >= 4 is 34.8 Å². The van der Waals surface area contributed by atoms with E-state index >= 15 is 0 Å². The predicted molar refractivity (Wildman–Crippen MR) is 124 cm³/mol. The van der Waals surface area contributed by atoms with Crippen molar-refractivity contribution in [2.45, 2.75) is 43.1 Å². The predicted octanol–water partition coefficient (Wildman–Crippen LogP) is 1.13. The number of halogens is 1. The molecule has 32 heavy (non-hydrogen) atoms. The maximum Gasteiger partial charge on any atom is 0.247 e. The molecule has 1 aromatic carbocycles. The van der Waals surface area contributed by atoms with E-state index in [1.807, 2.05) is 0 Å². The van der Waals surface area contributed by atoms with E-state index in [2.05, 4.69) is 33.2 Å². The fourth-order valence-corrected chi connectivity index (χ4v) is 5.57. The molecule has 174 valence electrons. The van der Waals surface area contributed by atoms with Crippen molar-refractivity contribution in [3.8, 4) is 5.75 Å². The van der Waals surface area contributed by atoms with E-state index < -0.39 is 0 Å². The summed E-state index contributed by atoms with van der Waals surface area (Å²) in [6.45, 7) is 4.03. The number of hydrogen-bond donors (Lipinski definition) is 6. The quantitative estimate of drug-likeness (QED) is 0.252. The minimum atomic E-state index is -0.313. The molecule has 1 saturated heterocycles. The van der Waals surface area contributed by atoms with Gasteiger partial charge in [-0.1, -0.05) is 6.58 Å². The van der Waals surface area contributed by atoms with E-state index in [1.54, 1.807) is 25.3 Å². The van der Waals surface area contributed by atoms with Gasteiger partial charge in [0.1, 0.15) is 12.0 Å². The second-order valence-electron chi connectivity index (χ2n) is 8.71. The molecule has 0 aromatic heterocycles. The van der Waals surface area contributed by atoms with Crippen LogP contribution in [0.5, 0.6) is 5.75 Å². The van der Waals surface area contributed by atoms with Crippen LogP contribution in [0.1, 0.15) is 19.3 Å². The van der Waals surface area contributed by atoms with Crippen LogP contribution in [-0.2, 0) is 9.59 Å². The van der Waals surface area contributed by atoms with Crippen LogP contribution >= 0.6 is 11.6 Å². The summed E-state index contributed by atoms with van der Waals surface area (Å²) in [5, 5.41) is 16.3. The van der Waals surface area contributed by atoms with Crippen LogP contribution < -0.4 is 37.1 Å². The Morgan fingerprint density at radius 2 is 2.09 bits per heavy atom. The molecular formula is C22H31ClN6O3. The van der Waals surface area contributed by atoms with Gasteiger partial charge in [-0.25, -0.2) is 0 Å². The molecule has 7 N–H and O–H groups in total. The van der Waals surface area contributed by atoms with E-state index in [1.165, 1.54) is 6.08 Å². The van der Waals surface area contributed by atoms with Gasteiger partial charge in [-0.15, -0.1) is 11.6 Å². The minimum absolute atomic E-state index is 0.0377. The lowest BCUT2D eigenvalue weighted by molar-refractivity contribution is -0.124. The molecular weight excluding hydrogens is 432 g/mol. The molecule has 0 radical (unpaired) electrons. The molecule has 2 saturated carbocycles. The zero-order chi connectivity index (χ0) is 22.8. The van der Waals surface area contributed by atoms with Crippen molar-refractivity contribution in [3.05, 3.63) is 30.9 Å². The highest BCUT2D eigenvalue weighted by Gasteiger charge is 2.51. The van der Waals surface area contributed by atoms with Crippen LogP contribution in [0.15, 0.2) is 30.9 Å².